The van der Waals surface area contributed by atoms with Crippen LogP contribution in [0, 0.1) is 13.8 Å². The van der Waals surface area contributed by atoms with Crippen molar-refractivity contribution in [2.75, 3.05) is 0 Å². The summed E-state index contributed by atoms with van der Waals surface area (Å²) in [5, 5.41) is 3.55. The maximum Gasteiger partial charge on any atom is 0.0296 e. The minimum absolute atomic E-state index is 0.359. The first-order chi connectivity index (χ1) is 8.16. The van der Waals surface area contributed by atoms with Gasteiger partial charge in [-0.15, -0.1) is 11.3 Å². The summed E-state index contributed by atoms with van der Waals surface area (Å²) in [4.78, 5) is 6.84. The molecule has 2 aromatic heterocycles. The fourth-order valence-electron chi connectivity index (χ4n) is 1.89. The van der Waals surface area contributed by atoms with Crippen LogP contribution < -0.4 is 5.32 Å². The Morgan fingerprint density at radius 2 is 2.00 bits per heavy atom. The third-order valence-corrected chi connectivity index (χ3v) is 3.96. The van der Waals surface area contributed by atoms with E-state index in [0.29, 0.717) is 6.04 Å². The lowest BCUT2D eigenvalue weighted by Crippen LogP contribution is -2.18. The molecule has 2 aromatic rings. The molecule has 1 N–H and O–H groups in total. The van der Waals surface area contributed by atoms with E-state index in [1.165, 1.54) is 20.9 Å². The van der Waals surface area contributed by atoms with Crippen molar-refractivity contribution in [1.82, 2.24) is 10.3 Å². The van der Waals surface area contributed by atoms with Crippen LogP contribution in [0.25, 0.3) is 0 Å². The molecule has 17 heavy (non-hydrogen) atoms. The van der Waals surface area contributed by atoms with Gasteiger partial charge in [0.2, 0.25) is 0 Å². The first-order valence-electron chi connectivity index (χ1n) is 5.86. The molecule has 0 aliphatic rings. The van der Waals surface area contributed by atoms with Crippen molar-refractivity contribution >= 4 is 11.3 Å². The predicted octanol–water partition coefficient (Wildman–Crippen LogP) is 3.61. The zero-order valence-corrected chi connectivity index (χ0v) is 11.3. The van der Waals surface area contributed by atoms with E-state index in [9.17, 15) is 0 Å². The third kappa shape index (κ3) is 3.14. The number of thiophene rings is 1. The second-order valence-electron chi connectivity index (χ2n) is 4.32. The van der Waals surface area contributed by atoms with Gasteiger partial charge in [0.1, 0.15) is 0 Å². The molecule has 0 radical (unpaired) electrons. The normalized spacial score (nSPS) is 12.6. The molecule has 0 spiro atoms. The highest BCUT2D eigenvalue weighted by molar-refractivity contribution is 7.12. The van der Waals surface area contributed by atoms with Crippen molar-refractivity contribution in [3.8, 4) is 0 Å². The molecule has 1 atom stereocenters. The standard InChI is InChI=1S/C14H18N2S/c1-10-8-14(12(3)17-10)9-16-11(2)13-4-6-15-7-5-13/h4-8,11,16H,9H2,1-3H3/t11-/m1/s1. The molecule has 2 rings (SSSR count). The van der Waals surface area contributed by atoms with Crippen LogP contribution in [0.4, 0.5) is 0 Å². The molecular weight excluding hydrogens is 228 g/mol. The SMILES string of the molecule is Cc1cc(CN[C@H](C)c2ccncc2)c(C)s1. The van der Waals surface area contributed by atoms with Gasteiger partial charge in [0.15, 0.2) is 0 Å². The average Bonchev–Trinajstić information content (AvgIpc) is 2.66. The number of aryl methyl sites for hydroxylation is 2. The Kier molecular flexibility index (Phi) is 3.92. The van der Waals surface area contributed by atoms with Crippen molar-refractivity contribution in [3.05, 3.63) is 51.5 Å². The van der Waals surface area contributed by atoms with Crippen molar-refractivity contribution in [2.24, 2.45) is 0 Å². The molecule has 0 saturated heterocycles. The average molecular weight is 246 g/mol. The lowest BCUT2D eigenvalue weighted by atomic mass is 10.1. The van der Waals surface area contributed by atoms with Crippen LogP contribution >= 0.6 is 11.3 Å². The van der Waals surface area contributed by atoms with Crippen molar-refractivity contribution < 1.29 is 0 Å². The summed E-state index contributed by atoms with van der Waals surface area (Å²) in [5.74, 6) is 0. The van der Waals surface area contributed by atoms with Crippen LogP contribution in [0.5, 0.6) is 0 Å². The second kappa shape index (κ2) is 5.43. The zero-order chi connectivity index (χ0) is 12.3. The maximum atomic E-state index is 4.04. The summed E-state index contributed by atoms with van der Waals surface area (Å²) in [6, 6.07) is 6.75. The molecule has 0 aliphatic carbocycles. The Morgan fingerprint density at radius 3 is 2.59 bits per heavy atom. The van der Waals surface area contributed by atoms with Gasteiger partial charge in [-0.05, 0) is 50.1 Å². The maximum absolute atomic E-state index is 4.04. The van der Waals surface area contributed by atoms with E-state index in [0.717, 1.165) is 6.54 Å². The smallest absolute Gasteiger partial charge is 0.0296 e. The minimum Gasteiger partial charge on any atom is -0.306 e. The summed E-state index contributed by atoms with van der Waals surface area (Å²) >= 11 is 1.87. The third-order valence-electron chi connectivity index (χ3n) is 2.95. The Bertz CT molecular complexity index is 476. The first kappa shape index (κ1) is 12.3. The van der Waals surface area contributed by atoms with Gasteiger partial charge in [-0.1, -0.05) is 0 Å². The molecule has 3 heteroatoms. The zero-order valence-electron chi connectivity index (χ0n) is 10.5. The van der Waals surface area contributed by atoms with Gasteiger partial charge >= 0.3 is 0 Å². The molecule has 0 aromatic carbocycles. The molecule has 0 unspecified atom stereocenters. The number of hydrogen-bond acceptors (Lipinski definition) is 3. The Morgan fingerprint density at radius 1 is 1.29 bits per heavy atom. The minimum atomic E-state index is 0.359. The molecule has 0 saturated carbocycles. The van der Waals surface area contributed by atoms with Gasteiger partial charge in [0.05, 0.1) is 0 Å². The van der Waals surface area contributed by atoms with E-state index in [1.54, 1.807) is 0 Å². The highest BCUT2D eigenvalue weighted by Crippen LogP contribution is 2.21. The van der Waals surface area contributed by atoms with E-state index in [4.69, 9.17) is 0 Å². The molecule has 0 aliphatic heterocycles. The van der Waals surface area contributed by atoms with Crippen LogP contribution in [0.2, 0.25) is 0 Å². The predicted molar refractivity (Wildman–Crippen MR) is 73.3 cm³/mol. The van der Waals surface area contributed by atoms with E-state index in [-0.39, 0.29) is 0 Å². The topological polar surface area (TPSA) is 24.9 Å². The Balaban J connectivity index is 1.97. The monoisotopic (exact) mass is 246 g/mol. The molecule has 0 bridgehead atoms. The molecule has 90 valence electrons. The van der Waals surface area contributed by atoms with Crippen molar-refractivity contribution in [2.45, 2.75) is 33.4 Å². The van der Waals surface area contributed by atoms with Gasteiger partial charge in [-0.3, -0.25) is 4.98 Å². The molecule has 0 amide bonds. The van der Waals surface area contributed by atoms with Crippen LogP contribution in [0.15, 0.2) is 30.6 Å². The van der Waals surface area contributed by atoms with Crippen molar-refractivity contribution in [1.29, 1.82) is 0 Å². The Labute approximate surface area is 107 Å². The number of nitrogens with one attached hydrogen (secondary N) is 1. The highest BCUT2D eigenvalue weighted by atomic mass is 32.1. The number of rotatable bonds is 4. The number of pyridine rings is 1. The fraction of sp³-hybridized carbons (Fsp3) is 0.357. The number of nitrogens with zero attached hydrogens (tertiary/aromatic N) is 1. The van der Waals surface area contributed by atoms with Crippen LogP contribution in [0.1, 0.15) is 33.8 Å². The van der Waals surface area contributed by atoms with Crippen LogP contribution in [-0.2, 0) is 6.54 Å². The fourth-order valence-corrected chi connectivity index (χ4v) is 2.84. The van der Waals surface area contributed by atoms with E-state index in [2.05, 4.69) is 49.3 Å². The van der Waals surface area contributed by atoms with Crippen LogP contribution in [-0.4, -0.2) is 4.98 Å². The largest absolute Gasteiger partial charge is 0.306 e. The van der Waals surface area contributed by atoms with Gasteiger partial charge in [0.25, 0.3) is 0 Å². The number of hydrogen-bond donors (Lipinski definition) is 1. The summed E-state index contributed by atoms with van der Waals surface area (Å²) in [5.41, 5.74) is 2.69. The lowest BCUT2D eigenvalue weighted by molar-refractivity contribution is 0.574. The van der Waals surface area contributed by atoms with Gasteiger partial charge in [-0.2, -0.15) is 0 Å². The highest BCUT2D eigenvalue weighted by Gasteiger charge is 2.07. The second-order valence-corrected chi connectivity index (χ2v) is 5.78. The first-order valence-corrected chi connectivity index (χ1v) is 6.67. The summed E-state index contributed by atoms with van der Waals surface area (Å²) in [7, 11) is 0. The quantitative estimate of drug-likeness (QED) is 0.891. The summed E-state index contributed by atoms with van der Waals surface area (Å²) < 4.78 is 0. The molecule has 0 fully saturated rings. The van der Waals surface area contributed by atoms with Crippen LogP contribution in [0.3, 0.4) is 0 Å². The summed E-state index contributed by atoms with van der Waals surface area (Å²) in [6.07, 6.45) is 3.68. The Hall–Kier alpha value is -1.19. The molecule has 2 nitrogen and oxygen atoms in total. The van der Waals surface area contributed by atoms with Gasteiger partial charge in [-0.25, -0.2) is 0 Å². The molecule has 2 heterocycles. The van der Waals surface area contributed by atoms with E-state index in [1.807, 2.05) is 23.7 Å². The van der Waals surface area contributed by atoms with Crippen molar-refractivity contribution in [3.63, 3.8) is 0 Å². The lowest BCUT2D eigenvalue weighted by Gasteiger charge is -2.13. The molecular formula is C14H18N2S. The summed E-state index contributed by atoms with van der Waals surface area (Å²) in [6.45, 7) is 7.46. The van der Waals surface area contributed by atoms with E-state index >= 15 is 0 Å². The van der Waals surface area contributed by atoms with E-state index < -0.39 is 0 Å². The van der Waals surface area contributed by atoms with Gasteiger partial charge in [0, 0.05) is 34.7 Å². The van der Waals surface area contributed by atoms with Gasteiger partial charge < -0.3 is 5.32 Å². The number of aromatic nitrogens is 1.